The molecule has 3 fully saturated rings. The molecule has 0 amide bonds. The molecule has 6 nitrogen and oxygen atoms in total. The topological polar surface area (TPSA) is 77.7 Å². The van der Waals surface area contributed by atoms with Crippen LogP contribution >= 0.6 is 0 Å². The highest BCUT2D eigenvalue weighted by Crippen LogP contribution is 2.52. The van der Waals surface area contributed by atoms with Crippen molar-refractivity contribution >= 4 is 11.9 Å². The Morgan fingerprint density at radius 3 is 2.58 bits per heavy atom. The predicted molar refractivity (Wildman–Crippen MR) is 85.2 cm³/mol. The quantitative estimate of drug-likeness (QED) is 0.522. The maximum atomic E-state index is 12.6. The average molecular weight is 340 g/mol. The summed E-state index contributed by atoms with van der Waals surface area (Å²) in [5, 5.41) is 0. The van der Waals surface area contributed by atoms with Crippen LogP contribution in [0.4, 0.5) is 0 Å². The Morgan fingerprint density at radius 2 is 2.00 bits per heavy atom. The lowest BCUT2D eigenvalue weighted by molar-refractivity contribution is -0.162. The molecule has 7 unspecified atom stereocenters. The van der Waals surface area contributed by atoms with Crippen molar-refractivity contribution in [2.75, 3.05) is 13.7 Å². The summed E-state index contributed by atoms with van der Waals surface area (Å²) in [5.74, 6) is -1.29. The molecule has 7 atom stereocenters. The first-order valence-electron chi connectivity index (χ1n) is 8.95. The standard InChI is InChI=1S/C18H28O6/c1-5-11(6-14-10(2)23-14)9-22-17(20)12-7-15-18(3,24-15)8-13(12)16(19)21-4/h10-15H,5-9H2,1-4H3. The van der Waals surface area contributed by atoms with Crippen LogP contribution in [0.1, 0.15) is 46.5 Å². The lowest BCUT2D eigenvalue weighted by atomic mass is 9.74. The molecule has 0 bridgehead atoms. The van der Waals surface area contributed by atoms with Gasteiger partial charge in [0.1, 0.15) is 0 Å². The third kappa shape index (κ3) is 3.59. The fourth-order valence-corrected chi connectivity index (χ4v) is 3.87. The zero-order valence-electron chi connectivity index (χ0n) is 14.9. The van der Waals surface area contributed by atoms with Gasteiger partial charge in [-0.1, -0.05) is 6.92 Å². The summed E-state index contributed by atoms with van der Waals surface area (Å²) in [6.07, 6.45) is 3.59. The van der Waals surface area contributed by atoms with E-state index in [9.17, 15) is 9.59 Å². The van der Waals surface area contributed by atoms with Gasteiger partial charge >= 0.3 is 11.9 Å². The van der Waals surface area contributed by atoms with Gasteiger partial charge in [0.2, 0.25) is 0 Å². The number of methoxy groups -OCH3 is 1. The summed E-state index contributed by atoms with van der Waals surface area (Å²) < 4.78 is 21.6. The Bertz CT molecular complexity index is 506. The summed E-state index contributed by atoms with van der Waals surface area (Å²) in [5.41, 5.74) is -0.277. The Kier molecular flexibility index (Phi) is 4.89. The zero-order valence-corrected chi connectivity index (χ0v) is 14.9. The molecular weight excluding hydrogens is 312 g/mol. The van der Waals surface area contributed by atoms with E-state index in [1.54, 1.807) is 0 Å². The molecular formula is C18H28O6. The van der Waals surface area contributed by atoms with E-state index < -0.39 is 11.8 Å². The molecule has 2 saturated heterocycles. The van der Waals surface area contributed by atoms with Gasteiger partial charge in [0.05, 0.1) is 49.5 Å². The smallest absolute Gasteiger partial charge is 0.309 e. The molecule has 0 spiro atoms. The minimum atomic E-state index is -0.474. The van der Waals surface area contributed by atoms with Gasteiger partial charge in [-0.05, 0) is 45.4 Å². The molecule has 0 aromatic heterocycles. The van der Waals surface area contributed by atoms with Crippen LogP contribution < -0.4 is 0 Å². The number of esters is 2. The third-order valence-corrected chi connectivity index (χ3v) is 5.86. The molecule has 0 radical (unpaired) electrons. The Labute approximate surface area is 143 Å². The maximum Gasteiger partial charge on any atom is 0.309 e. The number of carbonyl (C=O) groups is 2. The molecule has 2 aliphatic heterocycles. The summed E-state index contributed by atoms with van der Waals surface area (Å²) in [4.78, 5) is 24.6. The van der Waals surface area contributed by atoms with E-state index in [2.05, 4.69) is 13.8 Å². The summed E-state index contributed by atoms with van der Waals surface area (Å²) in [6.45, 7) is 6.51. The summed E-state index contributed by atoms with van der Waals surface area (Å²) in [6, 6.07) is 0. The lowest BCUT2D eigenvalue weighted by Gasteiger charge is -2.29. The average Bonchev–Trinajstić information content (AvgIpc) is 3.44. The van der Waals surface area contributed by atoms with Crippen molar-refractivity contribution in [3.63, 3.8) is 0 Å². The van der Waals surface area contributed by atoms with Crippen molar-refractivity contribution in [2.45, 2.75) is 70.4 Å². The second kappa shape index (κ2) is 6.64. The molecule has 1 saturated carbocycles. The van der Waals surface area contributed by atoms with Gasteiger partial charge in [-0.25, -0.2) is 0 Å². The number of hydrogen-bond donors (Lipinski definition) is 0. The summed E-state index contributed by atoms with van der Waals surface area (Å²) >= 11 is 0. The largest absolute Gasteiger partial charge is 0.469 e. The van der Waals surface area contributed by atoms with Gasteiger partial charge in [0.25, 0.3) is 0 Å². The minimum absolute atomic E-state index is 0.0543. The minimum Gasteiger partial charge on any atom is -0.469 e. The maximum absolute atomic E-state index is 12.6. The second-order valence-electron chi connectivity index (χ2n) is 7.61. The normalized spacial score (nSPS) is 41.1. The van der Waals surface area contributed by atoms with E-state index in [1.807, 2.05) is 6.92 Å². The van der Waals surface area contributed by atoms with E-state index in [0.29, 0.717) is 37.6 Å². The van der Waals surface area contributed by atoms with Crippen LogP contribution in [0.3, 0.4) is 0 Å². The van der Waals surface area contributed by atoms with Crippen LogP contribution in [0.5, 0.6) is 0 Å². The Balaban J connectivity index is 1.55. The molecule has 2 heterocycles. The molecule has 136 valence electrons. The third-order valence-electron chi connectivity index (χ3n) is 5.86. The van der Waals surface area contributed by atoms with Crippen LogP contribution in [0.15, 0.2) is 0 Å². The van der Waals surface area contributed by atoms with Gasteiger partial charge in [0.15, 0.2) is 0 Å². The Morgan fingerprint density at radius 1 is 1.29 bits per heavy atom. The highest BCUT2D eigenvalue weighted by Gasteiger charge is 2.61. The summed E-state index contributed by atoms with van der Waals surface area (Å²) in [7, 11) is 1.36. The number of ether oxygens (including phenoxy) is 4. The van der Waals surface area contributed by atoms with Crippen molar-refractivity contribution in [1.29, 1.82) is 0 Å². The SMILES string of the molecule is CCC(COC(=O)C1CC2OC2(C)CC1C(=O)OC)CC1OC1C. The number of hydrogen-bond acceptors (Lipinski definition) is 6. The lowest BCUT2D eigenvalue weighted by Crippen LogP contribution is -2.40. The van der Waals surface area contributed by atoms with Gasteiger partial charge < -0.3 is 18.9 Å². The molecule has 6 heteroatoms. The number of fused-ring (bicyclic) bond motifs is 1. The highest BCUT2D eigenvalue weighted by atomic mass is 16.6. The van der Waals surface area contributed by atoms with Crippen LogP contribution in [0.25, 0.3) is 0 Å². The Hall–Kier alpha value is -1.14. The van der Waals surface area contributed by atoms with Crippen LogP contribution in [0.2, 0.25) is 0 Å². The van der Waals surface area contributed by atoms with Crippen molar-refractivity contribution in [1.82, 2.24) is 0 Å². The van der Waals surface area contributed by atoms with Crippen LogP contribution in [-0.2, 0) is 28.5 Å². The fourth-order valence-electron chi connectivity index (χ4n) is 3.87. The zero-order chi connectivity index (χ0) is 17.5. The number of carbonyl (C=O) groups excluding carboxylic acids is 2. The number of epoxide rings is 2. The van der Waals surface area contributed by atoms with Crippen molar-refractivity contribution < 1.29 is 28.5 Å². The van der Waals surface area contributed by atoms with E-state index in [0.717, 1.165) is 12.8 Å². The van der Waals surface area contributed by atoms with Crippen LogP contribution in [0, 0.1) is 17.8 Å². The molecule has 3 rings (SSSR count). The molecule has 24 heavy (non-hydrogen) atoms. The van der Waals surface area contributed by atoms with Crippen LogP contribution in [-0.4, -0.2) is 49.6 Å². The van der Waals surface area contributed by atoms with Crippen molar-refractivity contribution in [3.05, 3.63) is 0 Å². The van der Waals surface area contributed by atoms with Crippen molar-refractivity contribution in [2.24, 2.45) is 17.8 Å². The highest BCUT2D eigenvalue weighted by molar-refractivity contribution is 5.82. The van der Waals surface area contributed by atoms with E-state index in [4.69, 9.17) is 18.9 Å². The monoisotopic (exact) mass is 340 g/mol. The van der Waals surface area contributed by atoms with E-state index in [1.165, 1.54) is 7.11 Å². The molecule has 0 aromatic rings. The van der Waals surface area contributed by atoms with E-state index >= 15 is 0 Å². The molecule has 3 aliphatic rings. The fraction of sp³-hybridized carbons (Fsp3) is 0.889. The molecule has 0 N–H and O–H groups in total. The first-order chi connectivity index (χ1) is 11.4. The predicted octanol–water partition coefficient (Wildman–Crippen LogP) is 2.09. The van der Waals surface area contributed by atoms with Gasteiger partial charge in [0, 0.05) is 0 Å². The first-order valence-corrected chi connectivity index (χ1v) is 8.95. The molecule has 0 aromatic carbocycles. The van der Waals surface area contributed by atoms with Crippen molar-refractivity contribution in [3.8, 4) is 0 Å². The number of rotatable bonds is 7. The molecule has 1 aliphatic carbocycles. The van der Waals surface area contributed by atoms with Gasteiger partial charge in [-0.2, -0.15) is 0 Å². The first kappa shape index (κ1) is 17.7. The second-order valence-corrected chi connectivity index (χ2v) is 7.61. The van der Waals surface area contributed by atoms with Gasteiger partial charge in [-0.3, -0.25) is 9.59 Å². The van der Waals surface area contributed by atoms with E-state index in [-0.39, 0.29) is 23.6 Å². The van der Waals surface area contributed by atoms with Gasteiger partial charge in [-0.15, -0.1) is 0 Å².